The van der Waals surface area contributed by atoms with Crippen LogP contribution in [0.4, 0.5) is 0 Å². The second-order valence-electron chi connectivity index (χ2n) is 6.45. The van der Waals surface area contributed by atoms with Crippen molar-refractivity contribution in [1.29, 1.82) is 0 Å². The van der Waals surface area contributed by atoms with Crippen LogP contribution in [0.3, 0.4) is 0 Å². The zero-order valence-electron chi connectivity index (χ0n) is 14.5. The van der Waals surface area contributed by atoms with Gasteiger partial charge >= 0.3 is 0 Å². The van der Waals surface area contributed by atoms with Gasteiger partial charge in [0.15, 0.2) is 0 Å². The molecule has 2 heterocycles. The molecular weight excluding hydrogens is 298 g/mol. The van der Waals surface area contributed by atoms with Crippen molar-refractivity contribution in [2.24, 2.45) is 0 Å². The Labute approximate surface area is 142 Å². The topological polar surface area (TPSA) is 47.7 Å². The number of hydrogen-bond donors (Lipinski definition) is 1. The molecule has 5 nitrogen and oxygen atoms in total. The Balaban J connectivity index is 1.57. The molecular formula is C19H25N5. The number of nitrogens with zero attached hydrogens (tertiary/aromatic N) is 4. The van der Waals surface area contributed by atoms with Crippen LogP contribution in [-0.4, -0.2) is 19.3 Å². The first-order valence-electron chi connectivity index (χ1n) is 9.04. The summed E-state index contributed by atoms with van der Waals surface area (Å²) >= 11 is 0. The van der Waals surface area contributed by atoms with E-state index < -0.39 is 0 Å². The van der Waals surface area contributed by atoms with Gasteiger partial charge < -0.3 is 9.88 Å². The summed E-state index contributed by atoms with van der Waals surface area (Å²) in [5.74, 6) is 1.12. The van der Waals surface area contributed by atoms with E-state index in [0.717, 1.165) is 37.4 Å². The van der Waals surface area contributed by atoms with Gasteiger partial charge in [-0.25, -0.2) is 4.98 Å². The van der Waals surface area contributed by atoms with Crippen molar-refractivity contribution in [3.8, 4) is 0 Å². The Kier molecular flexibility index (Phi) is 4.10. The maximum Gasteiger partial charge on any atom is 0.123 e. The van der Waals surface area contributed by atoms with E-state index >= 15 is 0 Å². The van der Waals surface area contributed by atoms with Crippen LogP contribution in [0.2, 0.25) is 0 Å². The summed E-state index contributed by atoms with van der Waals surface area (Å²) < 4.78 is 4.45. The molecule has 1 aromatic carbocycles. The fourth-order valence-electron chi connectivity index (χ4n) is 3.93. The maximum atomic E-state index is 4.82. The number of para-hydroxylation sites is 2. The lowest BCUT2D eigenvalue weighted by molar-refractivity contribution is 0.438. The molecule has 0 spiro atoms. The van der Waals surface area contributed by atoms with Crippen LogP contribution in [0.1, 0.15) is 49.8 Å². The predicted molar refractivity (Wildman–Crippen MR) is 95.8 cm³/mol. The third-order valence-corrected chi connectivity index (χ3v) is 5.12. The second-order valence-corrected chi connectivity index (χ2v) is 6.45. The van der Waals surface area contributed by atoms with E-state index in [-0.39, 0.29) is 0 Å². The van der Waals surface area contributed by atoms with E-state index in [0.29, 0.717) is 6.04 Å². The molecule has 0 saturated heterocycles. The van der Waals surface area contributed by atoms with Gasteiger partial charge in [0.05, 0.1) is 23.8 Å². The molecule has 0 amide bonds. The highest BCUT2D eigenvalue weighted by atomic mass is 15.3. The van der Waals surface area contributed by atoms with Crippen LogP contribution in [-0.2, 0) is 26.1 Å². The fraction of sp³-hybridized carbons (Fsp3) is 0.474. The standard InChI is InChI=1S/C19H25N5/c1-3-23-18-10-6-5-8-16(18)22-19(23)13-20-15-9-7-11-17-14(15)12-21-24(17)4-2/h5-6,8,10,12,15,20H,3-4,7,9,11,13H2,1-2H3/t15-/m0/s1. The van der Waals surface area contributed by atoms with Gasteiger partial charge in [-0.2, -0.15) is 5.10 Å². The summed E-state index contributed by atoms with van der Waals surface area (Å²) in [6.45, 7) is 7.04. The minimum Gasteiger partial charge on any atom is -0.327 e. The molecule has 4 rings (SSSR count). The van der Waals surface area contributed by atoms with Crippen LogP contribution in [0.25, 0.3) is 11.0 Å². The van der Waals surface area contributed by atoms with Gasteiger partial charge in [0.25, 0.3) is 0 Å². The molecule has 1 aliphatic rings. The number of fused-ring (bicyclic) bond motifs is 2. The lowest BCUT2D eigenvalue weighted by atomic mass is 9.93. The summed E-state index contributed by atoms with van der Waals surface area (Å²) in [7, 11) is 0. The third-order valence-electron chi connectivity index (χ3n) is 5.12. The third kappa shape index (κ3) is 2.53. The number of aryl methyl sites for hydroxylation is 2. The normalized spacial score (nSPS) is 17.3. The molecule has 1 atom stereocenters. The average molecular weight is 323 g/mol. The number of nitrogens with one attached hydrogen (secondary N) is 1. The molecule has 0 radical (unpaired) electrons. The molecule has 0 bridgehead atoms. The quantitative estimate of drug-likeness (QED) is 0.782. The van der Waals surface area contributed by atoms with Gasteiger partial charge in [-0.15, -0.1) is 0 Å². The smallest absolute Gasteiger partial charge is 0.123 e. The monoisotopic (exact) mass is 323 g/mol. The number of aromatic nitrogens is 4. The minimum absolute atomic E-state index is 0.388. The Morgan fingerprint density at radius 2 is 2.08 bits per heavy atom. The van der Waals surface area contributed by atoms with E-state index in [1.807, 2.05) is 0 Å². The first-order valence-corrected chi connectivity index (χ1v) is 9.04. The van der Waals surface area contributed by atoms with E-state index in [1.54, 1.807) is 0 Å². The molecule has 1 N–H and O–H groups in total. The van der Waals surface area contributed by atoms with Crippen LogP contribution >= 0.6 is 0 Å². The summed E-state index contributed by atoms with van der Waals surface area (Å²) in [4.78, 5) is 4.82. The van der Waals surface area contributed by atoms with Gasteiger partial charge in [0.1, 0.15) is 5.82 Å². The molecule has 0 unspecified atom stereocenters. The average Bonchev–Trinajstić information content (AvgIpc) is 3.20. The molecule has 0 saturated carbocycles. The Hall–Kier alpha value is -2.14. The summed E-state index contributed by atoms with van der Waals surface area (Å²) in [5.41, 5.74) is 5.09. The van der Waals surface area contributed by atoms with E-state index in [4.69, 9.17) is 4.98 Å². The first kappa shape index (κ1) is 15.4. The van der Waals surface area contributed by atoms with Gasteiger partial charge in [-0.1, -0.05) is 12.1 Å². The van der Waals surface area contributed by atoms with E-state index in [2.05, 4.69) is 64.0 Å². The van der Waals surface area contributed by atoms with Crippen LogP contribution < -0.4 is 5.32 Å². The van der Waals surface area contributed by atoms with Crippen molar-refractivity contribution in [1.82, 2.24) is 24.6 Å². The van der Waals surface area contributed by atoms with Crippen molar-refractivity contribution in [2.45, 2.75) is 58.8 Å². The van der Waals surface area contributed by atoms with Gasteiger partial charge in [0, 0.05) is 30.4 Å². The second kappa shape index (κ2) is 6.40. The Morgan fingerprint density at radius 3 is 2.92 bits per heavy atom. The Morgan fingerprint density at radius 1 is 1.21 bits per heavy atom. The number of hydrogen-bond acceptors (Lipinski definition) is 3. The number of benzene rings is 1. The van der Waals surface area contributed by atoms with Crippen molar-refractivity contribution in [2.75, 3.05) is 0 Å². The largest absolute Gasteiger partial charge is 0.327 e. The van der Waals surface area contributed by atoms with Crippen LogP contribution in [0.5, 0.6) is 0 Å². The SMILES string of the molecule is CCn1ncc2c1CCC[C@@H]2NCc1nc2ccccc2n1CC. The zero-order valence-corrected chi connectivity index (χ0v) is 14.5. The minimum atomic E-state index is 0.388. The molecule has 0 fully saturated rings. The summed E-state index contributed by atoms with van der Waals surface area (Å²) in [6.07, 6.45) is 5.60. The highest BCUT2D eigenvalue weighted by Gasteiger charge is 2.24. The lowest BCUT2D eigenvalue weighted by Crippen LogP contribution is -2.26. The maximum absolute atomic E-state index is 4.82. The Bertz CT molecular complexity index is 845. The van der Waals surface area contributed by atoms with Crippen molar-refractivity contribution >= 4 is 11.0 Å². The molecule has 126 valence electrons. The number of rotatable bonds is 5. The first-order chi connectivity index (χ1) is 11.8. The highest BCUT2D eigenvalue weighted by Crippen LogP contribution is 2.30. The molecule has 0 aliphatic heterocycles. The van der Waals surface area contributed by atoms with Crippen LogP contribution in [0.15, 0.2) is 30.5 Å². The number of imidazole rings is 1. The van der Waals surface area contributed by atoms with Gasteiger partial charge in [-0.3, -0.25) is 4.68 Å². The van der Waals surface area contributed by atoms with E-state index in [9.17, 15) is 0 Å². The lowest BCUT2D eigenvalue weighted by Gasteiger charge is -2.24. The molecule has 5 heteroatoms. The summed E-state index contributed by atoms with van der Waals surface area (Å²) in [5, 5.41) is 8.28. The molecule has 2 aromatic heterocycles. The molecule has 1 aliphatic carbocycles. The zero-order chi connectivity index (χ0) is 16.5. The molecule has 3 aromatic rings. The van der Waals surface area contributed by atoms with Crippen molar-refractivity contribution in [3.63, 3.8) is 0 Å². The van der Waals surface area contributed by atoms with Gasteiger partial charge in [-0.05, 0) is 45.2 Å². The molecule has 24 heavy (non-hydrogen) atoms. The predicted octanol–water partition coefficient (Wildman–Crippen LogP) is 3.44. The highest BCUT2D eigenvalue weighted by molar-refractivity contribution is 5.75. The van der Waals surface area contributed by atoms with Crippen LogP contribution in [0, 0.1) is 0 Å². The fourth-order valence-corrected chi connectivity index (χ4v) is 3.93. The summed E-state index contributed by atoms with van der Waals surface area (Å²) in [6, 6.07) is 8.77. The van der Waals surface area contributed by atoms with Crippen molar-refractivity contribution < 1.29 is 0 Å². The van der Waals surface area contributed by atoms with E-state index in [1.165, 1.54) is 29.6 Å². The van der Waals surface area contributed by atoms with Crippen molar-refractivity contribution in [3.05, 3.63) is 47.5 Å². The van der Waals surface area contributed by atoms with Gasteiger partial charge in [0.2, 0.25) is 0 Å².